The summed E-state index contributed by atoms with van der Waals surface area (Å²) in [6.07, 6.45) is 1.39. The Morgan fingerprint density at radius 2 is 1.77 bits per heavy atom. The van der Waals surface area contributed by atoms with Gasteiger partial charge in [0.05, 0.1) is 29.2 Å². The minimum Gasteiger partial charge on any atom is -0.496 e. The van der Waals surface area contributed by atoms with E-state index in [4.69, 9.17) is 14.5 Å². The summed E-state index contributed by atoms with van der Waals surface area (Å²) in [6.45, 7) is 6.13. The molecule has 1 heterocycles. The molecule has 44 heavy (non-hydrogen) atoms. The van der Waals surface area contributed by atoms with Gasteiger partial charge in [-0.3, -0.25) is 14.9 Å². The third kappa shape index (κ3) is 6.44. The molecule has 4 aromatic carbocycles. The minimum absolute atomic E-state index is 0.0240. The Labute approximate surface area is 270 Å². The van der Waals surface area contributed by atoms with Crippen molar-refractivity contribution >= 4 is 54.7 Å². The number of para-hydroxylation sites is 1. The number of hydrogen-bond acceptors (Lipinski definition) is 7. The first kappa shape index (κ1) is 31.1. The predicted octanol–water partition coefficient (Wildman–Crippen LogP) is 8.40. The predicted molar refractivity (Wildman–Crippen MR) is 179 cm³/mol. The molecule has 0 unspecified atom stereocenters. The molecule has 11 heteroatoms. The van der Waals surface area contributed by atoms with Gasteiger partial charge < -0.3 is 9.47 Å². The molecule has 0 aliphatic rings. The average Bonchev–Trinajstić information content (AvgIpc) is 3.00. The Kier molecular flexibility index (Phi) is 9.26. The molecule has 5 rings (SSSR count). The fourth-order valence-electron chi connectivity index (χ4n) is 4.82. The molecule has 5 aromatic rings. The molecule has 0 radical (unpaired) electrons. The van der Waals surface area contributed by atoms with E-state index >= 15 is 0 Å². The molecular weight excluding hydrogens is 692 g/mol. The summed E-state index contributed by atoms with van der Waals surface area (Å²) in [4.78, 5) is 30.3. The van der Waals surface area contributed by atoms with Gasteiger partial charge in [-0.2, -0.15) is 9.78 Å². The molecule has 0 aliphatic carbocycles. The average molecular weight is 720 g/mol. The van der Waals surface area contributed by atoms with Crippen LogP contribution in [0.3, 0.4) is 0 Å². The first-order chi connectivity index (χ1) is 21.1. The summed E-state index contributed by atoms with van der Waals surface area (Å²) in [6, 6.07) is 21.4. The van der Waals surface area contributed by atoms with Crippen LogP contribution in [0.5, 0.6) is 11.5 Å². The zero-order chi connectivity index (χ0) is 31.5. The quantitative estimate of drug-likeness (QED) is 0.0860. The lowest BCUT2D eigenvalue weighted by Gasteiger charge is -2.17. The first-order valence-electron chi connectivity index (χ1n) is 13.7. The summed E-state index contributed by atoms with van der Waals surface area (Å²) in [7, 11) is 1.63. The summed E-state index contributed by atoms with van der Waals surface area (Å²) in [5.41, 5.74) is 3.54. The molecule has 1 aromatic heterocycles. The minimum atomic E-state index is -0.512. The van der Waals surface area contributed by atoms with Crippen LogP contribution in [0, 0.1) is 17.0 Å². The largest absolute Gasteiger partial charge is 0.496 e. The van der Waals surface area contributed by atoms with Gasteiger partial charge in [0.1, 0.15) is 12.4 Å². The fourth-order valence-corrected chi connectivity index (χ4v) is 5.54. The Bertz CT molecular complexity index is 1970. The van der Waals surface area contributed by atoms with E-state index in [1.54, 1.807) is 31.4 Å². The van der Waals surface area contributed by atoms with Gasteiger partial charge in [0, 0.05) is 26.1 Å². The number of nitrogens with zero attached hydrogens (tertiary/aromatic N) is 4. The van der Waals surface area contributed by atoms with Crippen molar-refractivity contribution < 1.29 is 14.4 Å². The summed E-state index contributed by atoms with van der Waals surface area (Å²) < 4.78 is 14.2. The van der Waals surface area contributed by atoms with Crippen LogP contribution in [0.25, 0.3) is 22.3 Å². The maximum atomic E-state index is 13.9. The van der Waals surface area contributed by atoms with Crippen molar-refractivity contribution in [1.29, 1.82) is 0 Å². The highest BCUT2D eigenvalue weighted by molar-refractivity contribution is 9.10. The van der Waals surface area contributed by atoms with Crippen molar-refractivity contribution in [3.8, 4) is 22.9 Å². The second-order valence-corrected chi connectivity index (χ2v) is 12.2. The number of rotatable bonds is 9. The molecular formula is C33H28Br2N4O5. The van der Waals surface area contributed by atoms with Gasteiger partial charge >= 0.3 is 5.69 Å². The Balaban J connectivity index is 1.69. The van der Waals surface area contributed by atoms with E-state index in [0.29, 0.717) is 32.3 Å². The highest BCUT2D eigenvalue weighted by Crippen LogP contribution is 2.36. The number of benzene rings is 4. The first-order valence-corrected chi connectivity index (χ1v) is 15.3. The lowest BCUT2D eigenvalue weighted by Crippen LogP contribution is -2.21. The number of halogens is 2. The van der Waals surface area contributed by atoms with Crippen LogP contribution in [0.15, 0.2) is 91.6 Å². The smallest absolute Gasteiger partial charge is 0.312 e. The van der Waals surface area contributed by atoms with E-state index in [9.17, 15) is 14.9 Å². The number of fused-ring (bicyclic) bond motifs is 1. The lowest BCUT2D eigenvalue weighted by atomic mass is 9.96. The molecule has 0 amide bonds. The van der Waals surface area contributed by atoms with E-state index in [1.165, 1.54) is 17.0 Å². The fraction of sp³-hybridized carbons (Fsp3) is 0.182. The van der Waals surface area contributed by atoms with Gasteiger partial charge in [-0.25, -0.2) is 4.98 Å². The second-order valence-electron chi connectivity index (χ2n) is 10.4. The third-order valence-corrected chi connectivity index (χ3v) is 8.05. The molecule has 0 atom stereocenters. The van der Waals surface area contributed by atoms with Gasteiger partial charge in [-0.15, -0.1) is 0 Å². The van der Waals surface area contributed by atoms with Gasteiger partial charge in [0.2, 0.25) is 5.75 Å². The number of ether oxygens (including phenoxy) is 2. The van der Waals surface area contributed by atoms with Crippen LogP contribution in [-0.4, -0.2) is 27.9 Å². The lowest BCUT2D eigenvalue weighted by molar-refractivity contribution is -0.386. The molecule has 0 bridgehead atoms. The molecule has 9 nitrogen and oxygen atoms in total. The summed E-state index contributed by atoms with van der Waals surface area (Å²) in [5, 5.41) is 17.0. The van der Waals surface area contributed by atoms with Gasteiger partial charge in [0.25, 0.3) is 5.56 Å². The Morgan fingerprint density at radius 3 is 2.45 bits per heavy atom. The molecule has 0 saturated heterocycles. The van der Waals surface area contributed by atoms with Crippen LogP contribution < -0.4 is 15.0 Å². The second kappa shape index (κ2) is 13.1. The molecule has 0 fully saturated rings. The molecule has 0 aliphatic heterocycles. The number of aryl methyl sites for hydroxylation is 1. The van der Waals surface area contributed by atoms with Gasteiger partial charge in [0.15, 0.2) is 5.82 Å². The number of hydrogen-bond donors (Lipinski definition) is 0. The number of nitro groups is 1. The van der Waals surface area contributed by atoms with E-state index < -0.39 is 4.92 Å². The van der Waals surface area contributed by atoms with Crippen molar-refractivity contribution in [2.24, 2.45) is 5.10 Å². The zero-order valence-corrected chi connectivity index (χ0v) is 27.5. The summed E-state index contributed by atoms with van der Waals surface area (Å²) in [5.74, 6) is 1.24. The van der Waals surface area contributed by atoms with Crippen molar-refractivity contribution in [1.82, 2.24) is 9.66 Å². The topological polar surface area (TPSA) is 109 Å². The molecule has 0 spiro atoms. The van der Waals surface area contributed by atoms with Crippen LogP contribution in [0.2, 0.25) is 0 Å². The van der Waals surface area contributed by atoms with Crippen LogP contribution in [0.1, 0.15) is 42.0 Å². The van der Waals surface area contributed by atoms with Crippen LogP contribution in [0.4, 0.5) is 5.69 Å². The standard InChI is InChI=1S/C33H28Br2N4O5/c1-19(2)26-16-27(20(3)13-30(26)43-4)32-37-28-8-6-5-7-25(28)33(40)38(32)36-17-22-14-24(35)15-29(39(41)42)31(22)44-18-21-9-11-23(34)12-10-21/h5-17,19H,18H2,1-4H3. The molecule has 0 N–H and O–H groups in total. The maximum absolute atomic E-state index is 13.9. The van der Waals surface area contributed by atoms with E-state index in [1.807, 2.05) is 49.4 Å². The highest BCUT2D eigenvalue weighted by atomic mass is 79.9. The van der Waals surface area contributed by atoms with Crippen molar-refractivity contribution in [2.45, 2.75) is 33.3 Å². The van der Waals surface area contributed by atoms with Gasteiger partial charge in [-0.05, 0) is 72.0 Å². The highest BCUT2D eigenvalue weighted by Gasteiger charge is 2.22. The molecule has 0 saturated carbocycles. The SMILES string of the molecule is COc1cc(C)c(-c2nc3ccccc3c(=O)n2N=Cc2cc(Br)cc([N+](=O)[O-])c2OCc2ccc(Br)cc2)cc1C(C)C. The van der Waals surface area contributed by atoms with Crippen molar-refractivity contribution in [3.05, 3.63) is 124 Å². The van der Waals surface area contributed by atoms with Crippen LogP contribution >= 0.6 is 31.9 Å². The number of nitro benzene ring substituents is 1. The van der Waals surface area contributed by atoms with E-state index in [2.05, 4.69) is 50.8 Å². The van der Waals surface area contributed by atoms with E-state index in [0.717, 1.165) is 26.9 Å². The van der Waals surface area contributed by atoms with Crippen LogP contribution in [-0.2, 0) is 6.61 Å². The monoisotopic (exact) mass is 718 g/mol. The number of methoxy groups -OCH3 is 1. The normalized spacial score (nSPS) is 11.4. The maximum Gasteiger partial charge on any atom is 0.312 e. The van der Waals surface area contributed by atoms with Crippen molar-refractivity contribution in [2.75, 3.05) is 7.11 Å². The zero-order valence-electron chi connectivity index (χ0n) is 24.4. The number of aromatic nitrogens is 2. The summed E-state index contributed by atoms with van der Waals surface area (Å²) >= 11 is 6.78. The van der Waals surface area contributed by atoms with E-state index in [-0.39, 0.29) is 29.5 Å². The Hall–Kier alpha value is -4.35. The Morgan fingerprint density at radius 1 is 1.05 bits per heavy atom. The molecule has 224 valence electrons. The van der Waals surface area contributed by atoms with Gasteiger partial charge in [-0.1, -0.05) is 70.0 Å². The third-order valence-electron chi connectivity index (χ3n) is 7.06. The van der Waals surface area contributed by atoms with Crippen molar-refractivity contribution in [3.63, 3.8) is 0 Å².